The highest BCUT2D eigenvalue weighted by atomic mass is 32.2. The molecule has 0 aliphatic carbocycles. The van der Waals surface area contributed by atoms with Crippen molar-refractivity contribution in [3.63, 3.8) is 0 Å². The molecule has 0 amide bonds. The summed E-state index contributed by atoms with van der Waals surface area (Å²) < 4.78 is 33.4. The van der Waals surface area contributed by atoms with Crippen molar-refractivity contribution >= 4 is 21.9 Å². The van der Waals surface area contributed by atoms with Crippen molar-refractivity contribution in [3.05, 3.63) is 29.8 Å². The Morgan fingerprint density at radius 1 is 1.33 bits per heavy atom. The van der Waals surface area contributed by atoms with Gasteiger partial charge in [-0.25, -0.2) is 4.79 Å². The average molecular weight is 313 g/mol. The molecule has 1 fully saturated rings. The van der Waals surface area contributed by atoms with Gasteiger partial charge in [0.15, 0.2) is 0 Å². The standard InChI is InChI=1S/C13H19N3O4S/c1-2-20-13(17)11-5-3-4-6-12(11)15-21(18,19)16-9-7-14-8-10-16/h3-6,14-15H,2,7-10H2,1H3. The van der Waals surface area contributed by atoms with E-state index in [0.29, 0.717) is 26.2 Å². The molecule has 1 aliphatic heterocycles. The highest BCUT2D eigenvalue weighted by Gasteiger charge is 2.25. The molecule has 0 radical (unpaired) electrons. The number of piperazine rings is 1. The second-order valence-electron chi connectivity index (χ2n) is 4.52. The number of benzene rings is 1. The molecule has 2 N–H and O–H groups in total. The summed E-state index contributed by atoms with van der Waals surface area (Å²) in [6, 6.07) is 6.41. The summed E-state index contributed by atoms with van der Waals surface area (Å²) >= 11 is 0. The fourth-order valence-electron chi connectivity index (χ4n) is 2.05. The number of carbonyl (C=O) groups excluding carboxylic acids is 1. The summed E-state index contributed by atoms with van der Waals surface area (Å²) in [6.07, 6.45) is 0. The van der Waals surface area contributed by atoms with Crippen molar-refractivity contribution < 1.29 is 17.9 Å². The van der Waals surface area contributed by atoms with Crippen LogP contribution in [0.1, 0.15) is 17.3 Å². The normalized spacial score (nSPS) is 16.4. The van der Waals surface area contributed by atoms with Crippen LogP contribution in [0.4, 0.5) is 5.69 Å². The molecular weight excluding hydrogens is 294 g/mol. The van der Waals surface area contributed by atoms with Crippen molar-refractivity contribution in [2.75, 3.05) is 37.5 Å². The van der Waals surface area contributed by atoms with Crippen molar-refractivity contribution in [2.24, 2.45) is 0 Å². The van der Waals surface area contributed by atoms with Gasteiger partial charge in [-0.05, 0) is 19.1 Å². The van der Waals surface area contributed by atoms with Crippen LogP contribution >= 0.6 is 0 Å². The molecule has 21 heavy (non-hydrogen) atoms. The number of rotatable bonds is 5. The Labute approximate surface area is 124 Å². The second kappa shape index (κ2) is 6.88. The molecule has 0 spiro atoms. The van der Waals surface area contributed by atoms with Gasteiger partial charge < -0.3 is 10.1 Å². The fourth-order valence-corrected chi connectivity index (χ4v) is 3.30. The van der Waals surface area contributed by atoms with Gasteiger partial charge in [0.2, 0.25) is 0 Å². The van der Waals surface area contributed by atoms with E-state index in [1.807, 2.05) is 0 Å². The first-order valence-corrected chi connectivity index (χ1v) is 8.23. The number of hydrogen-bond donors (Lipinski definition) is 2. The number of nitrogens with one attached hydrogen (secondary N) is 2. The summed E-state index contributed by atoms with van der Waals surface area (Å²) in [4.78, 5) is 11.8. The largest absolute Gasteiger partial charge is 0.462 e. The van der Waals surface area contributed by atoms with Gasteiger partial charge in [-0.3, -0.25) is 4.72 Å². The number of hydrogen-bond acceptors (Lipinski definition) is 5. The second-order valence-corrected chi connectivity index (χ2v) is 6.19. The Balaban J connectivity index is 2.20. The van der Waals surface area contributed by atoms with Crippen LogP contribution in [-0.2, 0) is 14.9 Å². The zero-order valence-corrected chi connectivity index (χ0v) is 12.6. The number of carbonyl (C=O) groups is 1. The molecule has 0 atom stereocenters. The Morgan fingerprint density at radius 2 is 2.00 bits per heavy atom. The molecular formula is C13H19N3O4S. The van der Waals surface area contributed by atoms with Gasteiger partial charge in [-0.15, -0.1) is 0 Å². The van der Waals surface area contributed by atoms with E-state index in [1.54, 1.807) is 25.1 Å². The maximum absolute atomic E-state index is 12.3. The lowest BCUT2D eigenvalue weighted by Crippen LogP contribution is -2.48. The summed E-state index contributed by atoms with van der Waals surface area (Å²) in [5.41, 5.74) is 0.438. The Kier molecular flexibility index (Phi) is 5.16. The number of anilines is 1. The first-order valence-electron chi connectivity index (χ1n) is 6.79. The first-order chi connectivity index (χ1) is 10.0. The fraction of sp³-hybridized carbons (Fsp3) is 0.462. The molecule has 0 aromatic heterocycles. The minimum Gasteiger partial charge on any atom is -0.462 e. The Bertz CT molecular complexity index is 597. The number of esters is 1. The topological polar surface area (TPSA) is 87.7 Å². The molecule has 0 saturated carbocycles. The highest BCUT2D eigenvalue weighted by molar-refractivity contribution is 7.90. The molecule has 0 unspecified atom stereocenters. The summed E-state index contributed by atoms with van der Waals surface area (Å²) in [7, 11) is -3.67. The third-order valence-corrected chi connectivity index (χ3v) is 4.60. The van der Waals surface area contributed by atoms with E-state index < -0.39 is 16.2 Å². The predicted octanol–water partition coefficient (Wildman–Crippen LogP) is 0.425. The van der Waals surface area contributed by atoms with E-state index in [4.69, 9.17) is 4.74 Å². The van der Waals surface area contributed by atoms with E-state index in [1.165, 1.54) is 10.4 Å². The lowest BCUT2D eigenvalue weighted by molar-refractivity contribution is 0.0527. The summed E-state index contributed by atoms with van der Waals surface area (Å²) in [5.74, 6) is -0.545. The molecule has 1 aromatic carbocycles. The van der Waals surface area contributed by atoms with Crippen molar-refractivity contribution in [2.45, 2.75) is 6.92 Å². The molecule has 8 heteroatoms. The molecule has 1 aliphatic rings. The van der Waals surface area contributed by atoms with E-state index in [2.05, 4.69) is 10.0 Å². The number of para-hydroxylation sites is 1. The molecule has 1 heterocycles. The molecule has 1 aromatic rings. The SMILES string of the molecule is CCOC(=O)c1ccccc1NS(=O)(=O)N1CCNCC1. The molecule has 2 rings (SSSR count). The van der Waals surface area contributed by atoms with E-state index in [0.717, 1.165) is 0 Å². The third-order valence-electron chi connectivity index (χ3n) is 3.08. The average Bonchev–Trinajstić information content (AvgIpc) is 2.48. The minimum atomic E-state index is -3.67. The smallest absolute Gasteiger partial charge is 0.340 e. The van der Waals surface area contributed by atoms with Crippen molar-refractivity contribution in [1.29, 1.82) is 0 Å². The van der Waals surface area contributed by atoms with Crippen LogP contribution in [0, 0.1) is 0 Å². The van der Waals surface area contributed by atoms with Crippen molar-refractivity contribution in [3.8, 4) is 0 Å². The van der Waals surface area contributed by atoms with Crippen LogP contribution in [0.3, 0.4) is 0 Å². The quantitative estimate of drug-likeness (QED) is 0.770. The van der Waals surface area contributed by atoms with E-state index in [9.17, 15) is 13.2 Å². The summed E-state index contributed by atoms with van der Waals surface area (Å²) in [6.45, 7) is 3.96. The number of ether oxygens (including phenoxy) is 1. The van der Waals surface area contributed by atoms with Crippen LogP contribution < -0.4 is 10.0 Å². The van der Waals surface area contributed by atoms with Gasteiger partial charge in [0.05, 0.1) is 17.9 Å². The van der Waals surface area contributed by atoms with Gasteiger partial charge in [-0.1, -0.05) is 12.1 Å². The summed E-state index contributed by atoms with van der Waals surface area (Å²) in [5, 5.41) is 3.09. The van der Waals surface area contributed by atoms with E-state index in [-0.39, 0.29) is 17.9 Å². The molecule has 116 valence electrons. The van der Waals surface area contributed by atoms with Gasteiger partial charge in [-0.2, -0.15) is 12.7 Å². The highest BCUT2D eigenvalue weighted by Crippen LogP contribution is 2.19. The van der Waals surface area contributed by atoms with Crippen molar-refractivity contribution in [1.82, 2.24) is 9.62 Å². The lowest BCUT2D eigenvalue weighted by atomic mass is 10.2. The first kappa shape index (κ1) is 15.7. The van der Waals surface area contributed by atoms with Crippen LogP contribution in [0.2, 0.25) is 0 Å². The van der Waals surface area contributed by atoms with Crippen LogP contribution in [0.15, 0.2) is 24.3 Å². The van der Waals surface area contributed by atoms with Gasteiger partial charge in [0.25, 0.3) is 0 Å². The lowest BCUT2D eigenvalue weighted by Gasteiger charge is -2.27. The van der Waals surface area contributed by atoms with Gasteiger partial charge in [0, 0.05) is 26.2 Å². The Morgan fingerprint density at radius 3 is 2.67 bits per heavy atom. The van der Waals surface area contributed by atoms with Crippen LogP contribution in [0.5, 0.6) is 0 Å². The molecule has 0 bridgehead atoms. The number of nitrogens with zero attached hydrogens (tertiary/aromatic N) is 1. The molecule has 1 saturated heterocycles. The van der Waals surface area contributed by atoms with Crippen LogP contribution in [0.25, 0.3) is 0 Å². The Hall–Kier alpha value is -1.64. The monoisotopic (exact) mass is 313 g/mol. The molecule has 7 nitrogen and oxygen atoms in total. The maximum Gasteiger partial charge on any atom is 0.340 e. The maximum atomic E-state index is 12.3. The van der Waals surface area contributed by atoms with Gasteiger partial charge in [0.1, 0.15) is 0 Å². The minimum absolute atomic E-state index is 0.207. The van der Waals surface area contributed by atoms with Gasteiger partial charge >= 0.3 is 16.2 Å². The predicted molar refractivity (Wildman–Crippen MR) is 79.4 cm³/mol. The zero-order valence-electron chi connectivity index (χ0n) is 11.8. The van der Waals surface area contributed by atoms with E-state index >= 15 is 0 Å². The zero-order chi connectivity index (χ0) is 15.3. The third kappa shape index (κ3) is 3.93. The van der Waals surface area contributed by atoms with Crippen LogP contribution in [-0.4, -0.2) is 51.5 Å².